The molecule has 142 valence electrons. The van der Waals surface area contributed by atoms with Crippen LogP contribution in [0.25, 0.3) is 11.1 Å². The fourth-order valence-corrected chi connectivity index (χ4v) is 2.70. The molecule has 1 amide bonds. The van der Waals surface area contributed by atoms with Gasteiger partial charge in [-0.2, -0.15) is 0 Å². The SMILES string of the molecule is COC(=O)c1cccc(NC(=O)C(C)Oc2ccc(-c3ccccc3)cc2)c1. The summed E-state index contributed by atoms with van der Waals surface area (Å²) >= 11 is 0. The maximum atomic E-state index is 12.4. The molecule has 0 saturated carbocycles. The number of carbonyl (C=O) groups is 2. The summed E-state index contributed by atoms with van der Waals surface area (Å²) in [4.78, 5) is 24.0. The van der Waals surface area contributed by atoms with Crippen LogP contribution in [0.4, 0.5) is 5.69 Å². The first-order valence-corrected chi connectivity index (χ1v) is 8.88. The third-order valence-electron chi connectivity index (χ3n) is 4.19. The summed E-state index contributed by atoms with van der Waals surface area (Å²) in [6.45, 7) is 1.67. The fraction of sp³-hybridized carbons (Fsp3) is 0.130. The van der Waals surface area contributed by atoms with E-state index in [0.29, 0.717) is 17.0 Å². The number of methoxy groups -OCH3 is 1. The standard InChI is InChI=1S/C23H21NO4/c1-16(22(25)24-20-10-6-9-19(15-20)23(26)27-2)28-21-13-11-18(12-14-21)17-7-4-3-5-8-17/h3-16H,1-2H3,(H,24,25). The molecule has 0 aliphatic carbocycles. The molecule has 1 N–H and O–H groups in total. The number of ether oxygens (including phenoxy) is 2. The number of hydrogen-bond donors (Lipinski definition) is 1. The van der Waals surface area contributed by atoms with Crippen molar-refractivity contribution in [1.29, 1.82) is 0 Å². The zero-order valence-electron chi connectivity index (χ0n) is 15.7. The van der Waals surface area contributed by atoms with Crippen LogP contribution in [-0.2, 0) is 9.53 Å². The van der Waals surface area contributed by atoms with Crippen molar-refractivity contribution in [2.75, 3.05) is 12.4 Å². The number of benzene rings is 3. The Kier molecular flexibility index (Phi) is 6.07. The van der Waals surface area contributed by atoms with Gasteiger partial charge in [0.05, 0.1) is 12.7 Å². The van der Waals surface area contributed by atoms with E-state index in [1.165, 1.54) is 7.11 Å². The molecule has 28 heavy (non-hydrogen) atoms. The minimum atomic E-state index is -0.704. The van der Waals surface area contributed by atoms with Crippen LogP contribution in [0.3, 0.4) is 0 Å². The van der Waals surface area contributed by atoms with Crippen LogP contribution in [-0.4, -0.2) is 25.1 Å². The van der Waals surface area contributed by atoms with E-state index < -0.39 is 12.1 Å². The zero-order valence-corrected chi connectivity index (χ0v) is 15.7. The van der Waals surface area contributed by atoms with E-state index >= 15 is 0 Å². The molecule has 0 fully saturated rings. The second-order valence-electron chi connectivity index (χ2n) is 6.21. The normalized spacial score (nSPS) is 11.4. The number of nitrogens with one attached hydrogen (secondary N) is 1. The number of amides is 1. The van der Waals surface area contributed by atoms with Gasteiger partial charge in [0.25, 0.3) is 5.91 Å². The van der Waals surface area contributed by atoms with Gasteiger partial charge in [-0.25, -0.2) is 4.79 Å². The Morgan fingerprint density at radius 2 is 1.54 bits per heavy atom. The van der Waals surface area contributed by atoms with Crippen LogP contribution in [0.1, 0.15) is 17.3 Å². The van der Waals surface area contributed by atoms with Gasteiger partial charge in [-0.05, 0) is 48.4 Å². The monoisotopic (exact) mass is 375 g/mol. The molecule has 3 rings (SSSR count). The van der Waals surface area contributed by atoms with Crippen molar-refractivity contribution in [2.45, 2.75) is 13.0 Å². The molecule has 5 nitrogen and oxygen atoms in total. The number of anilines is 1. The summed E-state index contributed by atoms with van der Waals surface area (Å²) in [6.07, 6.45) is -0.704. The Hall–Kier alpha value is -3.60. The molecular formula is C23H21NO4. The van der Waals surface area contributed by atoms with Crippen molar-refractivity contribution in [2.24, 2.45) is 0 Å². The van der Waals surface area contributed by atoms with Gasteiger partial charge in [-0.15, -0.1) is 0 Å². The topological polar surface area (TPSA) is 64.6 Å². The number of esters is 1. The summed E-state index contributed by atoms with van der Waals surface area (Å²) < 4.78 is 10.4. The van der Waals surface area contributed by atoms with Gasteiger partial charge in [0.15, 0.2) is 6.10 Å². The van der Waals surface area contributed by atoms with E-state index in [-0.39, 0.29) is 5.91 Å². The van der Waals surface area contributed by atoms with Crippen LogP contribution in [0, 0.1) is 0 Å². The predicted octanol–water partition coefficient (Wildman–Crippen LogP) is 4.55. The first kappa shape index (κ1) is 19.2. The highest BCUT2D eigenvalue weighted by Gasteiger charge is 2.16. The van der Waals surface area contributed by atoms with Crippen molar-refractivity contribution in [3.05, 3.63) is 84.4 Å². The average molecular weight is 375 g/mol. The van der Waals surface area contributed by atoms with Gasteiger partial charge in [0.1, 0.15) is 5.75 Å². The van der Waals surface area contributed by atoms with Crippen molar-refractivity contribution < 1.29 is 19.1 Å². The molecular weight excluding hydrogens is 354 g/mol. The minimum absolute atomic E-state index is 0.311. The smallest absolute Gasteiger partial charge is 0.337 e. The summed E-state index contributed by atoms with van der Waals surface area (Å²) in [7, 11) is 1.31. The van der Waals surface area contributed by atoms with Gasteiger partial charge in [-0.1, -0.05) is 48.5 Å². The van der Waals surface area contributed by atoms with Crippen molar-refractivity contribution in [3.63, 3.8) is 0 Å². The van der Waals surface area contributed by atoms with E-state index in [9.17, 15) is 9.59 Å². The number of rotatable bonds is 6. The van der Waals surface area contributed by atoms with Crippen molar-refractivity contribution in [3.8, 4) is 16.9 Å². The van der Waals surface area contributed by atoms with Crippen molar-refractivity contribution >= 4 is 17.6 Å². The second-order valence-corrected chi connectivity index (χ2v) is 6.21. The van der Waals surface area contributed by atoms with Crippen LogP contribution in [0.5, 0.6) is 5.75 Å². The van der Waals surface area contributed by atoms with E-state index in [2.05, 4.69) is 10.1 Å². The molecule has 0 radical (unpaired) electrons. The lowest BCUT2D eigenvalue weighted by Crippen LogP contribution is -2.30. The van der Waals surface area contributed by atoms with Crippen molar-refractivity contribution in [1.82, 2.24) is 0 Å². The molecule has 5 heteroatoms. The molecule has 1 atom stereocenters. The Balaban J connectivity index is 1.62. The quantitative estimate of drug-likeness (QED) is 0.642. The Morgan fingerprint density at radius 3 is 2.21 bits per heavy atom. The lowest BCUT2D eigenvalue weighted by molar-refractivity contribution is -0.122. The summed E-state index contributed by atoms with van der Waals surface area (Å²) in [6, 6.07) is 24.2. The molecule has 0 saturated heterocycles. The summed E-state index contributed by atoms with van der Waals surface area (Å²) in [5, 5.41) is 2.75. The van der Waals surface area contributed by atoms with Gasteiger partial charge < -0.3 is 14.8 Å². The molecule has 0 aromatic heterocycles. The average Bonchev–Trinajstić information content (AvgIpc) is 2.74. The second kappa shape index (κ2) is 8.86. The third-order valence-corrected chi connectivity index (χ3v) is 4.19. The maximum Gasteiger partial charge on any atom is 0.337 e. The molecule has 3 aromatic rings. The van der Waals surface area contributed by atoms with Crippen LogP contribution in [0.2, 0.25) is 0 Å². The van der Waals surface area contributed by atoms with Gasteiger partial charge in [0, 0.05) is 5.69 Å². The molecule has 3 aromatic carbocycles. The lowest BCUT2D eigenvalue weighted by atomic mass is 10.1. The van der Waals surface area contributed by atoms with E-state index in [1.54, 1.807) is 31.2 Å². The minimum Gasteiger partial charge on any atom is -0.481 e. The van der Waals surface area contributed by atoms with E-state index in [1.807, 2.05) is 54.6 Å². The first-order valence-electron chi connectivity index (χ1n) is 8.88. The van der Waals surface area contributed by atoms with Crippen LogP contribution >= 0.6 is 0 Å². The molecule has 0 heterocycles. The number of hydrogen-bond acceptors (Lipinski definition) is 4. The predicted molar refractivity (Wildman–Crippen MR) is 108 cm³/mol. The van der Waals surface area contributed by atoms with E-state index in [0.717, 1.165) is 11.1 Å². The largest absolute Gasteiger partial charge is 0.481 e. The summed E-state index contributed by atoms with van der Waals surface area (Å²) in [5.41, 5.74) is 3.06. The van der Waals surface area contributed by atoms with E-state index in [4.69, 9.17) is 4.74 Å². The Bertz CT molecular complexity index is 952. The highest BCUT2D eigenvalue weighted by Crippen LogP contribution is 2.23. The third kappa shape index (κ3) is 4.76. The maximum absolute atomic E-state index is 12.4. The molecule has 0 aliphatic rings. The lowest BCUT2D eigenvalue weighted by Gasteiger charge is -2.15. The number of carbonyl (C=O) groups excluding carboxylic acids is 2. The first-order chi connectivity index (χ1) is 13.6. The molecule has 1 unspecified atom stereocenters. The Morgan fingerprint density at radius 1 is 0.857 bits per heavy atom. The highest BCUT2D eigenvalue weighted by molar-refractivity contribution is 5.96. The zero-order chi connectivity index (χ0) is 19.9. The molecule has 0 bridgehead atoms. The highest BCUT2D eigenvalue weighted by atomic mass is 16.5. The van der Waals surface area contributed by atoms with Gasteiger partial charge >= 0.3 is 5.97 Å². The van der Waals surface area contributed by atoms with Gasteiger partial charge in [-0.3, -0.25) is 4.79 Å². The van der Waals surface area contributed by atoms with Crippen LogP contribution < -0.4 is 10.1 Å². The van der Waals surface area contributed by atoms with Crippen LogP contribution in [0.15, 0.2) is 78.9 Å². The summed E-state index contributed by atoms with van der Waals surface area (Å²) in [5.74, 6) is -0.168. The molecule has 0 spiro atoms. The fourth-order valence-electron chi connectivity index (χ4n) is 2.70. The Labute approximate surface area is 163 Å². The molecule has 0 aliphatic heterocycles. The van der Waals surface area contributed by atoms with Gasteiger partial charge in [0.2, 0.25) is 0 Å².